The van der Waals surface area contributed by atoms with E-state index in [2.05, 4.69) is 25.7 Å². The number of aliphatic imine (C=N–C) groups is 1. The van der Waals surface area contributed by atoms with Crippen LogP contribution in [-0.2, 0) is 19.9 Å². The molecule has 0 aliphatic heterocycles. The van der Waals surface area contributed by atoms with Crippen molar-refractivity contribution in [3.63, 3.8) is 0 Å². The topological polar surface area (TPSA) is 70.0 Å². The van der Waals surface area contributed by atoms with Crippen LogP contribution in [0.25, 0.3) is 10.9 Å². The molecule has 2 heterocycles. The molecule has 0 radical (unpaired) electrons. The Balaban J connectivity index is 1.41. The molecular weight excluding hydrogens is 331 g/mol. The second-order valence-corrected chi connectivity index (χ2v) is 6.31. The Bertz CT molecular complexity index is 879. The number of nitrogens with one attached hydrogen (secondary N) is 3. The molecule has 0 atom stereocenters. The van der Waals surface area contributed by atoms with Gasteiger partial charge in [-0.05, 0) is 48.6 Å². The molecule has 0 unspecified atom stereocenters. The van der Waals surface area contributed by atoms with Crippen molar-refractivity contribution in [2.24, 2.45) is 12.0 Å². The third-order valence-corrected chi connectivity index (χ3v) is 4.33. The van der Waals surface area contributed by atoms with Crippen LogP contribution in [0.1, 0.15) is 17.5 Å². The van der Waals surface area contributed by atoms with Gasteiger partial charge in [-0.1, -0.05) is 0 Å². The van der Waals surface area contributed by atoms with E-state index in [1.54, 1.807) is 7.05 Å². The molecule has 3 N–H and O–H groups in total. The van der Waals surface area contributed by atoms with Crippen LogP contribution in [0, 0.1) is 5.82 Å². The van der Waals surface area contributed by atoms with Gasteiger partial charge in [0.05, 0.1) is 6.20 Å². The SMILES string of the molecule is CN=C(NCCCc1cnn(C)c1)NCCc1c[nH]c2cc(F)ccc12. The molecule has 0 aliphatic rings. The number of aromatic nitrogens is 3. The number of hydrogen-bond acceptors (Lipinski definition) is 2. The molecule has 0 amide bonds. The predicted molar refractivity (Wildman–Crippen MR) is 103 cm³/mol. The van der Waals surface area contributed by atoms with Crippen LogP contribution in [0.5, 0.6) is 0 Å². The minimum atomic E-state index is -0.222. The zero-order valence-electron chi connectivity index (χ0n) is 15.2. The first-order valence-electron chi connectivity index (χ1n) is 8.83. The standard InChI is InChI=1S/C19H25FN6/c1-21-19(22-8-3-4-14-11-25-26(2)13-14)23-9-7-15-12-24-18-10-16(20)5-6-17(15)18/h5-6,10-13,24H,3-4,7-9H2,1-2H3,(H2,21,22,23). The molecule has 3 rings (SSSR count). The van der Waals surface area contributed by atoms with Crippen LogP contribution in [0.4, 0.5) is 4.39 Å². The number of nitrogens with zero attached hydrogens (tertiary/aromatic N) is 3. The van der Waals surface area contributed by atoms with Gasteiger partial charge >= 0.3 is 0 Å². The van der Waals surface area contributed by atoms with E-state index in [0.717, 1.165) is 49.2 Å². The fourth-order valence-corrected chi connectivity index (χ4v) is 3.00. The van der Waals surface area contributed by atoms with Crippen LogP contribution in [0.15, 0.2) is 41.8 Å². The van der Waals surface area contributed by atoms with Gasteiger partial charge in [-0.15, -0.1) is 0 Å². The maximum Gasteiger partial charge on any atom is 0.190 e. The van der Waals surface area contributed by atoms with Gasteiger partial charge in [0, 0.05) is 50.5 Å². The predicted octanol–water partition coefficient (Wildman–Crippen LogP) is 2.38. The largest absolute Gasteiger partial charge is 0.361 e. The van der Waals surface area contributed by atoms with Gasteiger partial charge in [-0.3, -0.25) is 9.67 Å². The fraction of sp³-hybridized carbons (Fsp3) is 0.368. The Hall–Kier alpha value is -2.83. The van der Waals surface area contributed by atoms with Crippen LogP contribution >= 0.6 is 0 Å². The lowest BCUT2D eigenvalue weighted by Gasteiger charge is -2.11. The van der Waals surface area contributed by atoms with E-state index in [4.69, 9.17) is 0 Å². The van der Waals surface area contributed by atoms with E-state index < -0.39 is 0 Å². The van der Waals surface area contributed by atoms with Crippen molar-refractivity contribution in [3.8, 4) is 0 Å². The van der Waals surface area contributed by atoms with Crippen molar-refractivity contribution in [3.05, 3.63) is 53.7 Å². The maximum absolute atomic E-state index is 13.2. The lowest BCUT2D eigenvalue weighted by atomic mass is 10.1. The van der Waals surface area contributed by atoms with Gasteiger partial charge in [0.15, 0.2) is 5.96 Å². The van der Waals surface area contributed by atoms with Gasteiger partial charge in [0.2, 0.25) is 0 Å². The monoisotopic (exact) mass is 356 g/mol. The summed E-state index contributed by atoms with van der Waals surface area (Å²) in [6, 6.07) is 4.84. The number of H-pyrrole nitrogens is 1. The van der Waals surface area contributed by atoms with Crippen molar-refractivity contribution >= 4 is 16.9 Å². The Morgan fingerprint density at radius 1 is 1.27 bits per heavy atom. The second kappa shape index (κ2) is 8.51. The first-order chi connectivity index (χ1) is 12.7. The molecule has 0 aliphatic carbocycles. The first kappa shape index (κ1) is 18.0. The average Bonchev–Trinajstić information content (AvgIpc) is 3.22. The van der Waals surface area contributed by atoms with Crippen LogP contribution in [-0.4, -0.2) is 40.9 Å². The summed E-state index contributed by atoms with van der Waals surface area (Å²) in [7, 11) is 3.70. The zero-order chi connectivity index (χ0) is 18.4. The molecule has 0 fully saturated rings. The van der Waals surface area contributed by atoms with Gasteiger partial charge < -0.3 is 15.6 Å². The van der Waals surface area contributed by atoms with Gasteiger partial charge in [0.1, 0.15) is 5.82 Å². The van der Waals surface area contributed by atoms with Crippen molar-refractivity contribution in [2.45, 2.75) is 19.3 Å². The van der Waals surface area contributed by atoms with Gasteiger partial charge in [0.25, 0.3) is 0 Å². The smallest absolute Gasteiger partial charge is 0.190 e. The highest BCUT2D eigenvalue weighted by Crippen LogP contribution is 2.19. The highest BCUT2D eigenvalue weighted by atomic mass is 19.1. The number of benzene rings is 1. The van der Waals surface area contributed by atoms with E-state index in [1.807, 2.05) is 36.4 Å². The Morgan fingerprint density at radius 2 is 2.12 bits per heavy atom. The minimum absolute atomic E-state index is 0.222. The summed E-state index contributed by atoms with van der Waals surface area (Å²) in [6.07, 6.45) is 8.72. The summed E-state index contributed by atoms with van der Waals surface area (Å²) in [4.78, 5) is 7.37. The quantitative estimate of drug-likeness (QED) is 0.346. The fourth-order valence-electron chi connectivity index (χ4n) is 3.00. The van der Waals surface area contributed by atoms with Crippen LogP contribution in [0.2, 0.25) is 0 Å². The number of guanidine groups is 1. The van der Waals surface area contributed by atoms with E-state index in [-0.39, 0.29) is 5.82 Å². The van der Waals surface area contributed by atoms with Crippen LogP contribution < -0.4 is 10.6 Å². The van der Waals surface area contributed by atoms with Gasteiger partial charge in [-0.25, -0.2) is 4.39 Å². The third kappa shape index (κ3) is 4.62. The molecule has 0 bridgehead atoms. The molecule has 0 spiro atoms. The molecule has 26 heavy (non-hydrogen) atoms. The Kier molecular flexibility index (Phi) is 5.88. The third-order valence-electron chi connectivity index (χ3n) is 4.33. The summed E-state index contributed by atoms with van der Waals surface area (Å²) >= 11 is 0. The number of aryl methyl sites for hydroxylation is 2. The minimum Gasteiger partial charge on any atom is -0.361 e. The summed E-state index contributed by atoms with van der Waals surface area (Å²) in [5.74, 6) is 0.571. The van der Waals surface area contributed by atoms with Crippen molar-refractivity contribution in [1.82, 2.24) is 25.4 Å². The molecule has 6 nitrogen and oxygen atoms in total. The first-order valence-corrected chi connectivity index (χ1v) is 8.83. The number of fused-ring (bicyclic) bond motifs is 1. The summed E-state index contributed by atoms with van der Waals surface area (Å²) in [5.41, 5.74) is 3.24. The molecule has 1 aromatic carbocycles. The molecule has 7 heteroatoms. The Labute approximate surface area is 152 Å². The number of halogens is 1. The maximum atomic E-state index is 13.2. The molecule has 3 aromatic rings. The van der Waals surface area contributed by atoms with E-state index in [0.29, 0.717) is 0 Å². The van der Waals surface area contributed by atoms with Crippen molar-refractivity contribution in [1.29, 1.82) is 0 Å². The normalized spacial score (nSPS) is 11.9. The highest BCUT2D eigenvalue weighted by Gasteiger charge is 2.05. The van der Waals surface area contributed by atoms with E-state index in [1.165, 1.54) is 23.3 Å². The molecule has 0 saturated heterocycles. The molecular formula is C19H25FN6. The number of rotatable bonds is 7. The molecule has 0 saturated carbocycles. The summed E-state index contributed by atoms with van der Waals surface area (Å²) in [6.45, 7) is 1.60. The second-order valence-electron chi connectivity index (χ2n) is 6.31. The van der Waals surface area contributed by atoms with Crippen LogP contribution in [0.3, 0.4) is 0 Å². The average molecular weight is 356 g/mol. The molecule has 138 valence electrons. The summed E-state index contributed by atoms with van der Waals surface area (Å²) < 4.78 is 15.1. The van der Waals surface area contributed by atoms with Crippen molar-refractivity contribution in [2.75, 3.05) is 20.1 Å². The zero-order valence-corrected chi connectivity index (χ0v) is 15.2. The summed E-state index contributed by atoms with van der Waals surface area (Å²) in [5, 5.41) is 11.9. The molecule has 2 aromatic heterocycles. The lowest BCUT2D eigenvalue weighted by Crippen LogP contribution is -2.38. The van der Waals surface area contributed by atoms with Crippen molar-refractivity contribution < 1.29 is 4.39 Å². The highest BCUT2D eigenvalue weighted by molar-refractivity contribution is 5.83. The Morgan fingerprint density at radius 3 is 2.88 bits per heavy atom. The van der Waals surface area contributed by atoms with Gasteiger partial charge in [-0.2, -0.15) is 5.10 Å². The number of aromatic amines is 1. The van der Waals surface area contributed by atoms with E-state index in [9.17, 15) is 4.39 Å². The van der Waals surface area contributed by atoms with E-state index >= 15 is 0 Å². The number of hydrogen-bond donors (Lipinski definition) is 3. The lowest BCUT2D eigenvalue weighted by molar-refractivity contribution is 0.629.